The van der Waals surface area contributed by atoms with Gasteiger partial charge in [-0.25, -0.2) is 9.10 Å². The summed E-state index contributed by atoms with van der Waals surface area (Å²) in [5, 5.41) is 4.55. The highest BCUT2D eigenvalue weighted by molar-refractivity contribution is 8.01. The maximum atomic E-state index is 13.3. The van der Waals surface area contributed by atoms with Crippen LogP contribution in [0.5, 0.6) is 0 Å². The Labute approximate surface area is 195 Å². The monoisotopic (exact) mass is 448 g/mol. The summed E-state index contributed by atoms with van der Waals surface area (Å²) in [5.74, 6) is 0.385. The first-order chi connectivity index (χ1) is 15.6. The van der Waals surface area contributed by atoms with Gasteiger partial charge in [0.15, 0.2) is 0 Å². The second-order valence-corrected chi connectivity index (χ2v) is 9.63. The highest BCUT2D eigenvalue weighted by Gasteiger charge is 2.22. The van der Waals surface area contributed by atoms with Crippen LogP contribution in [0.3, 0.4) is 0 Å². The van der Waals surface area contributed by atoms with Gasteiger partial charge in [0.05, 0.1) is 5.69 Å². The number of carbonyl (C=O) groups is 1. The van der Waals surface area contributed by atoms with E-state index >= 15 is 0 Å². The SMILES string of the molecule is CCC(C)SN(C(=O)Nc1ccccc1)c1ccc2[nH]cc(C3C=CN(CC)CC3)c2c1. The fraction of sp³-hybridized carbons (Fsp3) is 0.346. The van der Waals surface area contributed by atoms with E-state index in [9.17, 15) is 4.79 Å². The van der Waals surface area contributed by atoms with E-state index in [1.807, 2.05) is 36.4 Å². The number of hydrogen-bond donors (Lipinski definition) is 2. The zero-order valence-corrected chi connectivity index (χ0v) is 19.9. The zero-order chi connectivity index (χ0) is 22.5. The predicted molar refractivity (Wildman–Crippen MR) is 137 cm³/mol. The number of nitrogens with zero attached hydrogens (tertiary/aromatic N) is 2. The lowest BCUT2D eigenvalue weighted by atomic mass is 9.93. The molecule has 0 spiro atoms. The fourth-order valence-corrected chi connectivity index (χ4v) is 4.85. The van der Waals surface area contributed by atoms with E-state index in [1.165, 1.54) is 10.9 Å². The van der Waals surface area contributed by atoms with Crippen LogP contribution in [0, 0.1) is 0 Å². The lowest BCUT2D eigenvalue weighted by molar-refractivity contribution is 0.260. The minimum absolute atomic E-state index is 0.130. The van der Waals surface area contributed by atoms with Crippen molar-refractivity contribution in [2.24, 2.45) is 0 Å². The summed E-state index contributed by atoms with van der Waals surface area (Å²) in [7, 11) is 0. The molecular formula is C26H32N4OS. The van der Waals surface area contributed by atoms with Gasteiger partial charge in [0, 0.05) is 47.0 Å². The van der Waals surface area contributed by atoms with Crippen LogP contribution in [-0.2, 0) is 0 Å². The number of amides is 2. The molecule has 5 nitrogen and oxygen atoms in total. The van der Waals surface area contributed by atoms with Gasteiger partial charge >= 0.3 is 6.03 Å². The molecule has 1 aromatic heterocycles. The van der Waals surface area contributed by atoms with Crippen molar-refractivity contribution in [1.29, 1.82) is 0 Å². The molecule has 1 aliphatic rings. The van der Waals surface area contributed by atoms with E-state index in [-0.39, 0.29) is 6.03 Å². The van der Waals surface area contributed by atoms with Crippen molar-refractivity contribution in [1.82, 2.24) is 9.88 Å². The lowest BCUT2D eigenvalue weighted by Gasteiger charge is -2.27. The Morgan fingerprint density at radius 3 is 2.75 bits per heavy atom. The molecule has 2 amide bonds. The van der Waals surface area contributed by atoms with Crippen molar-refractivity contribution in [2.75, 3.05) is 22.7 Å². The number of carbonyl (C=O) groups excluding carboxylic acids is 1. The largest absolute Gasteiger partial charge is 0.378 e. The van der Waals surface area contributed by atoms with Crippen LogP contribution < -0.4 is 9.62 Å². The number of anilines is 2. The minimum Gasteiger partial charge on any atom is -0.378 e. The van der Waals surface area contributed by atoms with Gasteiger partial charge in [-0.3, -0.25) is 0 Å². The van der Waals surface area contributed by atoms with Crippen LogP contribution >= 0.6 is 11.9 Å². The molecule has 0 saturated carbocycles. The van der Waals surface area contributed by atoms with Crippen molar-refractivity contribution >= 4 is 40.3 Å². The summed E-state index contributed by atoms with van der Waals surface area (Å²) in [6, 6.07) is 15.8. The molecule has 0 aliphatic carbocycles. The second kappa shape index (κ2) is 10.2. The number of H-pyrrole nitrogens is 1. The zero-order valence-electron chi connectivity index (χ0n) is 19.0. The van der Waals surface area contributed by atoms with E-state index in [1.54, 1.807) is 16.3 Å². The van der Waals surface area contributed by atoms with Gasteiger partial charge in [-0.05, 0) is 73.8 Å². The van der Waals surface area contributed by atoms with Gasteiger partial charge in [-0.2, -0.15) is 0 Å². The van der Waals surface area contributed by atoms with Crippen molar-refractivity contribution in [3.63, 3.8) is 0 Å². The Morgan fingerprint density at radius 2 is 2.06 bits per heavy atom. The average Bonchev–Trinajstić information content (AvgIpc) is 3.26. The molecule has 32 heavy (non-hydrogen) atoms. The summed E-state index contributed by atoms with van der Waals surface area (Å²) >= 11 is 1.57. The third-order valence-electron chi connectivity index (χ3n) is 6.06. The Balaban J connectivity index is 1.65. The number of nitrogens with one attached hydrogen (secondary N) is 2. The maximum Gasteiger partial charge on any atom is 0.336 e. The molecular weight excluding hydrogens is 416 g/mol. The number of urea groups is 1. The minimum atomic E-state index is -0.130. The standard InChI is InChI=1S/C26H32N4OS/c1-4-19(3)32-30(26(31)28-21-9-7-6-8-10-21)22-11-12-25-23(17-22)24(18-27-25)20-13-15-29(5-2)16-14-20/h6-13,15,17-20,27H,4-5,14,16H2,1-3H3,(H,28,31). The number of aromatic amines is 1. The summed E-state index contributed by atoms with van der Waals surface area (Å²) in [6.07, 6.45) is 8.73. The van der Waals surface area contributed by atoms with Gasteiger partial charge in [0.25, 0.3) is 0 Å². The molecule has 6 heteroatoms. The van der Waals surface area contributed by atoms with E-state index in [0.29, 0.717) is 11.2 Å². The molecule has 0 saturated heterocycles. The van der Waals surface area contributed by atoms with Crippen molar-refractivity contribution in [3.8, 4) is 0 Å². The summed E-state index contributed by atoms with van der Waals surface area (Å²) in [6.45, 7) is 8.60. The highest BCUT2D eigenvalue weighted by Crippen LogP contribution is 2.36. The number of aromatic nitrogens is 1. The number of fused-ring (bicyclic) bond motifs is 1. The molecule has 1 aliphatic heterocycles. The summed E-state index contributed by atoms with van der Waals surface area (Å²) in [4.78, 5) is 19.0. The Morgan fingerprint density at radius 1 is 1.25 bits per heavy atom. The normalized spacial score (nSPS) is 16.8. The quantitative estimate of drug-likeness (QED) is 0.384. The topological polar surface area (TPSA) is 51.4 Å². The Bertz CT molecular complexity index is 1080. The molecule has 2 N–H and O–H groups in total. The first-order valence-electron chi connectivity index (χ1n) is 11.4. The smallest absolute Gasteiger partial charge is 0.336 e. The van der Waals surface area contributed by atoms with E-state index < -0.39 is 0 Å². The van der Waals surface area contributed by atoms with Crippen LogP contribution in [0.1, 0.15) is 45.1 Å². The van der Waals surface area contributed by atoms with Gasteiger partial charge in [0.1, 0.15) is 0 Å². The first kappa shape index (κ1) is 22.3. The van der Waals surface area contributed by atoms with E-state index in [0.717, 1.165) is 42.8 Å². The molecule has 4 rings (SSSR count). The maximum absolute atomic E-state index is 13.3. The summed E-state index contributed by atoms with van der Waals surface area (Å²) < 4.78 is 1.80. The number of benzene rings is 2. The van der Waals surface area contributed by atoms with Crippen molar-refractivity contribution in [3.05, 3.63) is 72.6 Å². The predicted octanol–water partition coefficient (Wildman–Crippen LogP) is 6.98. The molecule has 0 fully saturated rings. The fourth-order valence-electron chi connectivity index (χ4n) is 3.96. The van der Waals surface area contributed by atoms with Gasteiger partial charge in [0.2, 0.25) is 0 Å². The molecule has 2 unspecified atom stereocenters. The Hall–Kier alpha value is -2.86. The molecule has 3 aromatic rings. The van der Waals surface area contributed by atoms with E-state index in [4.69, 9.17) is 0 Å². The number of hydrogen-bond acceptors (Lipinski definition) is 3. The molecule has 2 atom stereocenters. The van der Waals surface area contributed by atoms with Crippen LogP contribution in [0.25, 0.3) is 10.9 Å². The lowest BCUT2D eigenvalue weighted by Crippen LogP contribution is -2.30. The van der Waals surface area contributed by atoms with Crippen LogP contribution in [0.2, 0.25) is 0 Å². The van der Waals surface area contributed by atoms with Crippen LogP contribution in [0.4, 0.5) is 16.2 Å². The van der Waals surface area contributed by atoms with Crippen LogP contribution in [0.15, 0.2) is 67.0 Å². The molecule has 2 aromatic carbocycles. The van der Waals surface area contributed by atoms with Gasteiger partial charge in [-0.15, -0.1) is 0 Å². The molecule has 2 heterocycles. The average molecular weight is 449 g/mol. The third-order valence-corrected chi connectivity index (χ3v) is 7.34. The van der Waals surface area contributed by atoms with Crippen LogP contribution in [-0.4, -0.2) is 34.3 Å². The van der Waals surface area contributed by atoms with Gasteiger partial charge < -0.3 is 15.2 Å². The number of allylic oxidation sites excluding steroid dienone is 1. The third kappa shape index (κ3) is 4.96. The highest BCUT2D eigenvalue weighted by atomic mass is 32.2. The molecule has 0 bridgehead atoms. The number of rotatable bonds is 7. The number of para-hydroxylation sites is 1. The van der Waals surface area contributed by atoms with Gasteiger partial charge in [-0.1, -0.05) is 38.1 Å². The van der Waals surface area contributed by atoms with Crippen molar-refractivity contribution < 1.29 is 4.79 Å². The Kier molecular flexibility index (Phi) is 7.10. The molecule has 168 valence electrons. The second-order valence-electron chi connectivity index (χ2n) is 8.25. The summed E-state index contributed by atoms with van der Waals surface area (Å²) in [5.41, 5.74) is 4.09. The van der Waals surface area contributed by atoms with Crippen molar-refractivity contribution in [2.45, 2.75) is 44.8 Å². The first-order valence-corrected chi connectivity index (χ1v) is 12.3. The molecule has 0 radical (unpaired) electrons. The van der Waals surface area contributed by atoms with E-state index in [2.05, 4.69) is 66.6 Å².